The number of esters is 1. The van der Waals surface area contributed by atoms with E-state index < -0.39 is 12.1 Å². The van der Waals surface area contributed by atoms with Gasteiger partial charge in [-0.3, -0.25) is 9.59 Å². The van der Waals surface area contributed by atoms with Gasteiger partial charge in [0.05, 0.1) is 25.4 Å². The summed E-state index contributed by atoms with van der Waals surface area (Å²) in [6.45, 7) is 4.97. The first-order valence-corrected chi connectivity index (χ1v) is 41.6. The second-order valence-electron chi connectivity index (χ2n) is 28.8. The van der Waals surface area contributed by atoms with Crippen molar-refractivity contribution in [3.05, 3.63) is 24.3 Å². The first kappa shape index (κ1) is 88.3. The molecule has 0 aromatic heterocycles. The fourth-order valence-electron chi connectivity index (χ4n) is 13.4. The summed E-state index contributed by atoms with van der Waals surface area (Å²) >= 11 is 0. The Kier molecular flexibility index (Phi) is 78.3. The van der Waals surface area contributed by atoms with Gasteiger partial charge in [-0.05, 0) is 57.8 Å². The van der Waals surface area contributed by atoms with E-state index in [-0.39, 0.29) is 18.5 Å². The molecule has 0 saturated heterocycles. The Morgan fingerprint density at radius 1 is 0.300 bits per heavy atom. The number of unbranched alkanes of at least 4 members (excludes halogenated alkanes) is 66. The average Bonchev–Trinajstić information content (AvgIpc) is 3.58. The van der Waals surface area contributed by atoms with Crippen LogP contribution >= 0.6 is 0 Å². The molecule has 0 aliphatic heterocycles. The zero-order valence-corrected chi connectivity index (χ0v) is 61.4. The smallest absolute Gasteiger partial charge is 0.305 e. The largest absolute Gasteiger partial charge is 0.466 e. The molecule has 90 heavy (non-hydrogen) atoms. The number of carbonyl (C=O) groups excluding carboxylic acids is 2. The summed E-state index contributed by atoms with van der Waals surface area (Å²) in [7, 11) is 0. The number of allylic oxidation sites excluding steroid dienone is 3. The van der Waals surface area contributed by atoms with E-state index in [9.17, 15) is 19.8 Å². The maximum absolute atomic E-state index is 12.6. The van der Waals surface area contributed by atoms with Crippen LogP contribution in [0.15, 0.2) is 24.3 Å². The molecule has 0 rings (SSSR count). The molecule has 0 aromatic rings. The zero-order chi connectivity index (χ0) is 64.9. The quantitative estimate of drug-likeness (QED) is 0.0320. The van der Waals surface area contributed by atoms with Gasteiger partial charge in [0.25, 0.3) is 0 Å². The van der Waals surface area contributed by atoms with Crippen molar-refractivity contribution in [2.45, 2.75) is 488 Å². The molecule has 2 unspecified atom stereocenters. The highest BCUT2D eigenvalue weighted by atomic mass is 16.5. The van der Waals surface area contributed by atoms with E-state index in [2.05, 4.69) is 31.3 Å². The fraction of sp³-hybridized carbons (Fsp3) is 0.929. The van der Waals surface area contributed by atoms with Crippen LogP contribution in [0.25, 0.3) is 0 Å². The van der Waals surface area contributed by atoms with Gasteiger partial charge in [0.1, 0.15) is 0 Å². The van der Waals surface area contributed by atoms with E-state index in [0.29, 0.717) is 19.4 Å². The summed E-state index contributed by atoms with van der Waals surface area (Å²) in [5.41, 5.74) is 0. The average molecular weight is 1270 g/mol. The monoisotopic (exact) mass is 1270 g/mol. The van der Waals surface area contributed by atoms with Gasteiger partial charge in [-0.2, -0.15) is 0 Å². The first-order valence-electron chi connectivity index (χ1n) is 41.6. The number of aliphatic hydroxyl groups is 2. The van der Waals surface area contributed by atoms with E-state index in [0.717, 1.165) is 38.5 Å². The molecule has 0 spiro atoms. The Morgan fingerprint density at radius 3 is 0.789 bits per heavy atom. The van der Waals surface area contributed by atoms with Crippen molar-refractivity contribution in [3.63, 3.8) is 0 Å². The second kappa shape index (κ2) is 79.8. The number of carbonyl (C=O) groups is 2. The van der Waals surface area contributed by atoms with Crippen LogP contribution in [0.3, 0.4) is 0 Å². The predicted molar refractivity (Wildman–Crippen MR) is 398 cm³/mol. The van der Waals surface area contributed by atoms with E-state index in [4.69, 9.17) is 4.74 Å². The molecule has 2 atom stereocenters. The lowest BCUT2D eigenvalue weighted by Crippen LogP contribution is -2.45. The van der Waals surface area contributed by atoms with Crippen LogP contribution in [0, 0.1) is 0 Å². The maximum Gasteiger partial charge on any atom is 0.305 e. The highest BCUT2D eigenvalue weighted by Gasteiger charge is 2.18. The van der Waals surface area contributed by atoms with Crippen LogP contribution in [0.1, 0.15) is 476 Å². The van der Waals surface area contributed by atoms with Crippen molar-refractivity contribution < 1.29 is 24.5 Å². The minimum atomic E-state index is -0.843. The Labute approximate surface area is 564 Å². The summed E-state index contributed by atoms with van der Waals surface area (Å²) in [5, 5.41) is 23.3. The van der Waals surface area contributed by atoms with Crippen molar-refractivity contribution in [3.8, 4) is 0 Å². The van der Waals surface area contributed by atoms with Crippen molar-refractivity contribution in [2.75, 3.05) is 13.2 Å². The number of ether oxygens (including phenoxy) is 1. The van der Waals surface area contributed by atoms with Crippen molar-refractivity contribution in [1.29, 1.82) is 0 Å². The van der Waals surface area contributed by atoms with E-state index in [1.165, 1.54) is 411 Å². The van der Waals surface area contributed by atoms with Gasteiger partial charge in [0.15, 0.2) is 0 Å². The van der Waals surface area contributed by atoms with Crippen LogP contribution in [0.4, 0.5) is 0 Å². The Morgan fingerprint density at radius 2 is 0.522 bits per heavy atom. The lowest BCUT2D eigenvalue weighted by atomic mass is 10.0. The topological polar surface area (TPSA) is 95.9 Å². The minimum Gasteiger partial charge on any atom is -0.466 e. The molecule has 0 aromatic carbocycles. The molecule has 1 amide bonds. The molecule has 0 heterocycles. The van der Waals surface area contributed by atoms with E-state index in [1.54, 1.807) is 6.08 Å². The molecule has 0 bridgehead atoms. The van der Waals surface area contributed by atoms with Crippen LogP contribution in [0.2, 0.25) is 0 Å². The van der Waals surface area contributed by atoms with Crippen LogP contribution < -0.4 is 5.32 Å². The number of hydrogen-bond acceptors (Lipinski definition) is 5. The molecule has 6 heteroatoms. The minimum absolute atomic E-state index is 0.0246. The van der Waals surface area contributed by atoms with Gasteiger partial charge in [-0.15, -0.1) is 0 Å². The molecule has 3 N–H and O–H groups in total. The summed E-state index contributed by atoms with van der Waals surface area (Å²) in [6, 6.07) is -0.626. The van der Waals surface area contributed by atoms with Gasteiger partial charge < -0.3 is 20.3 Å². The van der Waals surface area contributed by atoms with Crippen molar-refractivity contribution in [2.24, 2.45) is 0 Å². The lowest BCUT2D eigenvalue weighted by molar-refractivity contribution is -0.143. The molecule has 0 radical (unpaired) electrons. The third-order valence-electron chi connectivity index (χ3n) is 19.7. The molecule has 0 saturated carbocycles. The number of hydrogen-bond donors (Lipinski definition) is 3. The Hall–Kier alpha value is -1.66. The van der Waals surface area contributed by atoms with Crippen molar-refractivity contribution >= 4 is 11.9 Å². The lowest BCUT2D eigenvalue weighted by Gasteiger charge is -2.20. The number of nitrogens with one attached hydrogen (secondary N) is 1. The molecule has 0 aliphatic carbocycles. The highest BCUT2D eigenvalue weighted by molar-refractivity contribution is 5.76. The molecule has 534 valence electrons. The van der Waals surface area contributed by atoms with Crippen molar-refractivity contribution in [1.82, 2.24) is 5.32 Å². The third-order valence-corrected chi connectivity index (χ3v) is 19.7. The van der Waals surface area contributed by atoms with Gasteiger partial charge in [0, 0.05) is 12.8 Å². The molecule has 0 aliphatic rings. The number of rotatable bonds is 79. The molecular formula is C84H163NO5. The van der Waals surface area contributed by atoms with Crippen LogP contribution in [-0.2, 0) is 14.3 Å². The summed E-state index contributed by atoms with van der Waals surface area (Å²) in [5.74, 6) is -0.0345. The Bertz CT molecular complexity index is 1410. The second-order valence-corrected chi connectivity index (χ2v) is 28.8. The molecular weight excluding hydrogens is 1100 g/mol. The molecule has 6 nitrogen and oxygen atoms in total. The number of aliphatic hydroxyl groups excluding tert-OH is 2. The number of amides is 1. The van der Waals surface area contributed by atoms with Crippen LogP contribution in [0.5, 0.6) is 0 Å². The summed E-state index contributed by atoms with van der Waals surface area (Å²) in [4.78, 5) is 24.7. The van der Waals surface area contributed by atoms with Crippen LogP contribution in [-0.4, -0.2) is 47.4 Å². The van der Waals surface area contributed by atoms with E-state index in [1.807, 2.05) is 6.08 Å². The van der Waals surface area contributed by atoms with Gasteiger partial charge >= 0.3 is 5.97 Å². The standard InChI is InChI=1S/C84H163NO5/c1-3-5-7-9-11-13-15-17-19-21-22-23-39-42-45-48-52-56-60-64-68-72-76-82(87)81(80-86)85-83(88)77-73-69-65-61-57-53-49-46-43-40-37-35-33-31-29-27-25-24-26-28-30-32-34-36-38-41-44-47-51-55-59-63-67-71-75-79-90-84(89)78-74-70-66-62-58-54-50-20-18-16-14-12-10-8-6-4-2/h26,28,72,76,81-82,86-87H,3-25,27,29-71,73-75,77-80H2,1-2H3,(H,85,88)/b28-26-,76-72+. The summed E-state index contributed by atoms with van der Waals surface area (Å²) in [6.07, 6.45) is 103. The summed E-state index contributed by atoms with van der Waals surface area (Å²) < 4.78 is 5.51. The van der Waals surface area contributed by atoms with Gasteiger partial charge in [-0.1, -0.05) is 430 Å². The Balaban J connectivity index is 3.35. The fourth-order valence-corrected chi connectivity index (χ4v) is 13.4. The maximum atomic E-state index is 12.6. The van der Waals surface area contributed by atoms with Gasteiger partial charge in [0.2, 0.25) is 5.91 Å². The first-order chi connectivity index (χ1) is 44.5. The SMILES string of the molecule is CCCCCCCCCCCCCCCCCCCCCC/C=C/C(O)C(CO)NC(=O)CCCCCCCCCCCCCCCCCCC/C=C\CCCCCCCCCCCCCCCCOC(=O)CCCCCCCCCCCCCCCCCC. The molecule has 0 fully saturated rings. The third kappa shape index (κ3) is 75.4. The van der Waals surface area contributed by atoms with Gasteiger partial charge in [-0.25, -0.2) is 0 Å². The zero-order valence-electron chi connectivity index (χ0n) is 61.4. The predicted octanol–water partition coefficient (Wildman–Crippen LogP) is 27.6. The normalized spacial score (nSPS) is 12.5. The van der Waals surface area contributed by atoms with E-state index >= 15 is 0 Å². The highest BCUT2D eigenvalue weighted by Crippen LogP contribution is 2.20.